The van der Waals surface area contributed by atoms with Gasteiger partial charge in [0.2, 0.25) is 5.88 Å². The van der Waals surface area contributed by atoms with Gasteiger partial charge < -0.3 is 29.4 Å². The predicted octanol–water partition coefficient (Wildman–Crippen LogP) is 2.50. The van der Waals surface area contributed by atoms with Crippen molar-refractivity contribution < 1.29 is 37.2 Å². The molecule has 2 aromatic rings. The molecule has 12 heteroatoms. The van der Waals surface area contributed by atoms with Crippen LogP contribution in [0.2, 0.25) is 0 Å². The number of nitrogens with zero attached hydrogens (tertiary/aromatic N) is 1. The lowest BCUT2D eigenvalue weighted by molar-refractivity contribution is 0.0806. The number of rotatable bonds is 9. The van der Waals surface area contributed by atoms with E-state index in [2.05, 4.69) is 15.6 Å². The van der Waals surface area contributed by atoms with Crippen molar-refractivity contribution >= 4 is 5.69 Å². The van der Waals surface area contributed by atoms with Gasteiger partial charge in [-0.3, -0.25) is 11.1 Å². The molecule has 1 aliphatic heterocycles. The number of nitrogens with two attached hydrogens (primary N) is 1. The zero-order chi connectivity index (χ0) is 24.3. The summed E-state index contributed by atoms with van der Waals surface area (Å²) < 4.78 is 64.3. The number of aliphatic hydroxyl groups excluding tert-OH is 1. The molecular weight excluding hydrogens is 457 g/mol. The quantitative estimate of drug-likeness (QED) is 0.400. The molecule has 1 spiro atoms. The Bertz CT molecular complexity index is 1100. The van der Waals surface area contributed by atoms with Crippen LogP contribution in [0.1, 0.15) is 31.6 Å². The van der Waals surface area contributed by atoms with Gasteiger partial charge in [0.25, 0.3) is 5.92 Å². The minimum absolute atomic E-state index is 0.0908. The molecule has 2 heterocycles. The molecule has 0 radical (unpaired) electrons. The van der Waals surface area contributed by atoms with Gasteiger partial charge in [0.1, 0.15) is 12.7 Å². The molecule has 9 nitrogen and oxygen atoms in total. The Kier molecular flexibility index (Phi) is 5.41. The molecule has 34 heavy (non-hydrogen) atoms. The third kappa shape index (κ3) is 4.05. The van der Waals surface area contributed by atoms with Crippen LogP contribution in [0.5, 0.6) is 23.1 Å². The second-order valence-corrected chi connectivity index (χ2v) is 8.87. The van der Waals surface area contributed by atoms with Crippen molar-refractivity contribution in [3.05, 3.63) is 35.8 Å². The van der Waals surface area contributed by atoms with Crippen molar-refractivity contribution in [1.82, 2.24) is 10.3 Å². The van der Waals surface area contributed by atoms with Crippen LogP contribution in [-0.4, -0.2) is 48.2 Å². The summed E-state index contributed by atoms with van der Waals surface area (Å²) in [6.45, 7) is 1.99. The molecule has 2 fully saturated rings. The number of methoxy groups -OCH3 is 1. The summed E-state index contributed by atoms with van der Waals surface area (Å²) in [6, 6.07) is 4.12. The number of alkyl halides is 2. The highest BCUT2D eigenvalue weighted by molar-refractivity contribution is 5.61. The molecule has 1 aromatic heterocycles. The summed E-state index contributed by atoms with van der Waals surface area (Å²) in [5, 5.41) is 14.9. The first-order chi connectivity index (χ1) is 16.1. The zero-order valence-electron chi connectivity index (χ0n) is 18.5. The number of halogens is 3. The topological polar surface area (TPSA) is 120 Å². The standard InChI is InChI=1S/C22H25F3N4O5/c1-10(28-20(26)30)8-32-17-5-14-13(7-27-17)29-19(33-14)11-3-12(23)18(15(4-11)31-2)34-16-6-21(16)9-22(21,24)25/h3-5,7,10,16,19-20,28-30H,6,8-9,26H2,1-2H3/t10-,16?,19?,20?,21?/m0/s1. The number of hydrogen-bond acceptors (Lipinski definition) is 9. The van der Waals surface area contributed by atoms with E-state index in [9.17, 15) is 13.2 Å². The van der Waals surface area contributed by atoms with Crippen molar-refractivity contribution in [2.24, 2.45) is 11.1 Å². The highest BCUT2D eigenvalue weighted by Crippen LogP contribution is 2.76. The lowest BCUT2D eigenvalue weighted by atomic mass is 10.1. The van der Waals surface area contributed by atoms with Crippen molar-refractivity contribution in [3.63, 3.8) is 0 Å². The first-order valence-corrected chi connectivity index (χ1v) is 10.8. The molecule has 2 saturated carbocycles. The van der Waals surface area contributed by atoms with E-state index in [4.69, 9.17) is 29.8 Å². The maximum atomic E-state index is 14.9. The van der Waals surface area contributed by atoms with Gasteiger partial charge >= 0.3 is 0 Å². The highest BCUT2D eigenvalue weighted by Gasteiger charge is 2.85. The number of aliphatic hydroxyl groups is 1. The van der Waals surface area contributed by atoms with Gasteiger partial charge in [-0.1, -0.05) is 0 Å². The smallest absolute Gasteiger partial charge is 0.258 e. The highest BCUT2D eigenvalue weighted by atomic mass is 19.3. The fourth-order valence-corrected chi connectivity index (χ4v) is 4.20. The third-order valence-electron chi connectivity index (χ3n) is 6.27. The SMILES string of the molecule is COc1cc(C2Nc3cnc(OC[C@H](C)NC(N)O)cc3O2)cc(F)c1OC1CC12CC2(F)F. The van der Waals surface area contributed by atoms with Crippen molar-refractivity contribution in [1.29, 1.82) is 0 Å². The van der Waals surface area contributed by atoms with Crippen LogP contribution in [0, 0.1) is 11.2 Å². The van der Waals surface area contributed by atoms with Crippen LogP contribution >= 0.6 is 0 Å². The number of anilines is 1. The monoisotopic (exact) mass is 482 g/mol. The Morgan fingerprint density at radius 1 is 1.38 bits per heavy atom. The Morgan fingerprint density at radius 3 is 2.79 bits per heavy atom. The number of benzene rings is 1. The summed E-state index contributed by atoms with van der Waals surface area (Å²) in [5.41, 5.74) is 5.12. The van der Waals surface area contributed by atoms with E-state index in [1.165, 1.54) is 19.4 Å². The maximum absolute atomic E-state index is 14.9. The molecule has 5 rings (SSSR count). The van der Waals surface area contributed by atoms with Crippen molar-refractivity contribution in [2.45, 2.75) is 50.4 Å². The summed E-state index contributed by atoms with van der Waals surface area (Å²) in [5.74, 6) is -2.82. The second kappa shape index (κ2) is 8.07. The summed E-state index contributed by atoms with van der Waals surface area (Å²) in [6.07, 6.45) is -1.13. The lowest BCUT2D eigenvalue weighted by Crippen LogP contribution is -2.45. The Balaban J connectivity index is 1.26. The second-order valence-electron chi connectivity index (χ2n) is 8.87. The molecule has 0 amide bonds. The average Bonchev–Trinajstić information content (AvgIpc) is 3.52. The average molecular weight is 482 g/mol. The van der Waals surface area contributed by atoms with E-state index in [0.29, 0.717) is 22.9 Å². The van der Waals surface area contributed by atoms with Crippen molar-refractivity contribution in [2.75, 3.05) is 19.0 Å². The van der Waals surface area contributed by atoms with Gasteiger partial charge in [0.05, 0.1) is 24.4 Å². The minimum atomic E-state index is -2.74. The molecular formula is C22H25F3N4O5. The van der Waals surface area contributed by atoms with Gasteiger partial charge in [0, 0.05) is 30.5 Å². The molecule has 5 atom stereocenters. The van der Waals surface area contributed by atoms with Gasteiger partial charge in [0.15, 0.2) is 35.6 Å². The molecule has 3 aliphatic rings. The van der Waals surface area contributed by atoms with Crippen LogP contribution in [-0.2, 0) is 0 Å². The van der Waals surface area contributed by atoms with Crippen LogP contribution < -0.4 is 35.3 Å². The summed E-state index contributed by atoms with van der Waals surface area (Å²) in [7, 11) is 1.35. The lowest BCUT2D eigenvalue weighted by Gasteiger charge is -2.17. The van der Waals surface area contributed by atoms with Gasteiger partial charge in [-0.05, 0) is 19.1 Å². The van der Waals surface area contributed by atoms with Gasteiger partial charge in [-0.25, -0.2) is 18.2 Å². The predicted molar refractivity (Wildman–Crippen MR) is 113 cm³/mol. The first kappa shape index (κ1) is 22.8. The Labute approximate surface area is 193 Å². The first-order valence-electron chi connectivity index (χ1n) is 10.8. The number of nitrogens with one attached hydrogen (secondary N) is 2. The van der Waals surface area contributed by atoms with Crippen molar-refractivity contribution in [3.8, 4) is 23.1 Å². The molecule has 4 unspecified atom stereocenters. The molecule has 5 N–H and O–H groups in total. The van der Waals surface area contributed by atoms with E-state index in [1.54, 1.807) is 19.1 Å². The molecule has 0 bridgehead atoms. The van der Waals surface area contributed by atoms with Crippen LogP contribution in [0.25, 0.3) is 0 Å². The molecule has 2 aliphatic carbocycles. The fraction of sp³-hybridized carbons (Fsp3) is 0.500. The molecule has 184 valence electrons. The van der Waals surface area contributed by atoms with E-state index in [-0.39, 0.29) is 37.0 Å². The number of ether oxygens (including phenoxy) is 4. The largest absolute Gasteiger partial charge is 0.493 e. The fourth-order valence-electron chi connectivity index (χ4n) is 4.20. The van der Waals surface area contributed by atoms with E-state index in [0.717, 1.165) is 0 Å². The third-order valence-corrected chi connectivity index (χ3v) is 6.27. The summed E-state index contributed by atoms with van der Waals surface area (Å²) in [4.78, 5) is 4.20. The summed E-state index contributed by atoms with van der Waals surface area (Å²) >= 11 is 0. The number of aromatic nitrogens is 1. The Hall–Kier alpha value is -2.96. The van der Waals surface area contributed by atoms with Gasteiger partial charge in [-0.2, -0.15) is 0 Å². The zero-order valence-corrected chi connectivity index (χ0v) is 18.5. The van der Waals surface area contributed by atoms with Crippen LogP contribution in [0.4, 0.5) is 18.9 Å². The number of hydrogen-bond donors (Lipinski definition) is 4. The Morgan fingerprint density at radius 2 is 2.15 bits per heavy atom. The van der Waals surface area contributed by atoms with Crippen LogP contribution in [0.3, 0.4) is 0 Å². The van der Waals surface area contributed by atoms with E-state index < -0.39 is 35.8 Å². The normalized spacial score (nSPS) is 27.3. The molecule has 0 saturated heterocycles. The number of pyridine rings is 1. The van der Waals surface area contributed by atoms with E-state index >= 15 is 0 Å². The van der Waals surface area contributed by atoms with E-state index in [1.807, 2.05) is 0 Å². The van der Waals surface area contributed by atoms with Crippen LogP contribution in [0.15, 0.2) is 24.4 Å². The molecule has 1 aromatic carbocycles. The maximum Gasteiger partial charge on any atom is 0.258 e. The van der Waals surface area contributed by atoms with Gasteiger partial charge in [-0.15, -0.1) is 0 Å². The minimum Gasteiger partial charge on any atom is -0.493 e. The number of fused-ring (bicyclic) bond motifs is 1.